The number of hydrogen-bond acceptors (Lipinski definition) is 7. The van der Waals surface area contributed by atoms with E-state index in [1.807, 2.05) is 30.5 Å². The van der Waals surface area contributed by atoms with E-state index in [9.17, 15) is 4.79 Å². The fourth-order valence-corrected chi connectivity index (χ4v) is 3.60. The number of thioether (sulfide) groups is 1. The molecule has 0 aromatic carbocycles. The summed E-state index contributed by atoms with van der Waals surface area (Å²) in [6, 6.07) is 7.32. The fourth-order valence-electron chi connectivity index (χ4n) is 1.94. The summed E-state index contributed by atoms with van der Waals surface area (Å²) in [6.07, 6.45) is 0. The molecule has 0 atom stereocenters. The lowest BCUT2D eigenvalue weighted by molar-refractivity contribution is 0.102. The van der Waals surface area contributed by atoms with E-state index < -0.39 is 0 Å². The summed E-state index contributed by atoms with van der Waals surface area (Å²) in [4.78, 5) is 26.1. The Bertz CT molecular complexity index is 819. The highest BCUT2D eigenvalue weighted by molar-refractivity contribution is 8.00. The van der Waals surface area contributed by atoms with Crippen LogP contribution in [0.2, 0.25) is 0 Å². The minimum atomic E-state index is 0.0901. The van der Waals surface area contributed by atoms with Gasteiger partial charge in [0.05, 0.1) is 23.3 Å². The number of ketones is 1. The minimum absolute atomic E-state index is 0.0901. The third kappa shape index (κ3) is 3.10. The van der Waals surface area contributed by atoms with Crippen molar-refractivity contribution in [2.24, 2.45) is 0 Å². The highest BCUT2D eigenvalue weighted by Gasteiger charge is 2.13. The number of rotatable bonds is 5. The van der Waals surface area contributed by atoms with Gasteiger partial charge in [0.15, 0.2) is 5.78 Å². The molecule has 3 heterocycles. The van der Waals surface area contributed by atoms with Crippen molar-refractivity contribution < 1.29 is 9.53 Å². The number of nitrogens with zero attached hydrogens (tertiary/aromatic N) is 3. The van der Waals surface area contributed by atoms with Gasteiger partial charge in [-0.2, -0.15) is 0 Å². The third-order valence-electron chi connectivity index (χ3n) is 2.94. The maximum absolute atomic E-state index is 12.1. The second-order valence-corrected chi connectivity index (χ2v) is 6.40. The van der Waals surface area contributed by atoms with Gasteiger partial charge in [-0.15, -0.1) is 11.3 Å². The molecule has 7 heteroatoms. The Morgan fingerprint density at radius 1 is 1.27 bits per heavy atom. The molecular weight excluding hydrogens is 318 g/mol. The van der Waals surface area contributed by atoms with Crippen molar-refractivity contribution in [3.05, 3.63) is 40.3 Å². The summed E-state index contributed by atoms with van der Waals surface area (Å²) in [6.45, 7) is 1.83. The van der Waals surface area contributed by atoms with E-state index in [2.05, 4.69) is 15.0 Å². The average molecular weight is 331 g/mol. The molecule has 0 N–H and O–H groups in total. The smallest absolute Gasteiger partial charge is 0.213 e. The van der Waals surface area contributed by atoms with E-state index in [0.717, 1.165) is 10.4 Å². The van der Waals surface area contributed by atoms with E-state index in [1.54, 1.807) is 13.2 Å². The highest BCUT2D eigenvalue weighted by Crippen LogP contribution is 2.26. The molecule has 0 saturated heterocycles. The summed E-state index contributed by atoms with van der Waals surface area (Å²) in [5.74, 6) is 1.58. The second-order valence-electron chi connectivity index (χ2n) is 4.49. The molecule has 0 fully saturated rings. The zero-order valence-corrected chi connectivity index (χ0v) is 13.7. The first-order valence-corrected chi connectivity index (χ1v) is 8.43. The summed E-state index contributed by atoms with van der Waals surface area (Å²) < 4.78 is 5.15. The van der Waals surface area contributed by atoms with Crippen molar-refractivity contribution >= 4 is 39.9 Å². The monoisotopic (exact) mass is 331 g/mol. The van der Waals surface area contributed by atoms with Crippen molar-refractivity contribution in [1.29, 1.82) is 0 Å². The van der Waals surface area contributed by atoms with Crippen molar-refractivity contribution in [3.63, 3.8) is 0 Å². The van der Waals surface area contributed by atoms with Gasteiger partial charge in [0.25, 0.3) is 0 Å². The van der Waals surface area contributed by atoms with Gasteiger partial charge >= 0.3 is 0 Å². The molecule has 0 aliphatic rings. The van der Waals surface area contributed by atoms with Gasteiger partial charge in [0.2, 0.25) is 5.88 Å². The van der Waals surface area contributed by atoms with E-state index >= 15 is 0 Å². The Hall–Kier alpha value is -1.99. The molecule has 0 bridgehead atoms. The number of hydrogen-bond donors (Lipinski definition) is 0. The molecule has 3 aromatic heterocycles. The molecule has 0 aliphatic carbocycles. The van der Waals surface area contributed by atoms with Crippen LogP contribution in [0.15, 0.2) is 34.7 Å². The molecule has 0 spiro atoms. The maximum Gasteiger partial charge on any atom is 0.213 e. The van der Waals surface area contributed by atoms with E-state index in [0.29, 0.717) is 28.0 Å². The Balaban J connectivity index is 1.90. The number of thiophene rings is 1. The number of Topliss-reactive ketones (excluding diaryl/α,β-unsaturated/α-hetero) is 1. The van der Waals surface area contributed by atoms with Crippen LogP contribution in [-0.4, -0.2) is 33.6 Å². The van der Waals surface area contributed by atoms with Crippen molar-refractivity contribution in [1.82, 2.24) is 15.0 Å². The lowest BCUT2D eigenvalue weighted by Crippen LogP contribution is -2.02. The van der Waals surface area contributed by atoms with Gasteiger partial charge in [0, 0.05) is 6.07 Å². The quantitative estimate of drug-likeness (QED) is 0.406. The van der Waals surface area contributed by atoms with Gasteiger partial charge in [-0.05, 0) is 24.4 Å². The highest BCUT2D eigenvalue weighted by atomic mass is 32.2. The zero-order chi connectivity index (χ0) is 15.5. The minimum Gasteiger partial charge on any atom is -0.481 e. The first-order chi connectivity index (χ1) is 10.7. The van der Waals surface area contributed by atoms with Gasteiger partial charge in [-0.1, -0.05) is 17.8 Å². The SMILES string of the molecule is COc1ccc2nc(C)nc(SCC(=O)c3cccs3)c2n1. The topological polar surface area (TPSA) is 65.0 Å². The molecular formula is C15H13N3O2S2. The van der Waals surface area contributed by atoms with Gasteiger partial charge in [-0.3, -0.25) is 4.79 Å². The molecule has 3 aromatic rings. The van der Waals surface area contributed by atoms with Crippen LogP contribution in [-0.2, 0) is 0 Å². The maximum atomic E-state index is 12.1. The summed E-state index contributed by atoms with van der Waals surface area (Å²) in [7, 11) is 1.57. The van der Waals surface area contributed by atoms with E-state index in [1.165, 1.54) is 23.1 Å². The van der Waals surface area contributed by atoms with Crippen LogP contribution in [0.3, 0.4) is 0 Å². The van der Waals surface area contributed by atoms with Gasteiger partial charge in [-0.25, -0.2) is 15.0 Å². The Kier molecular flexibility index (Phi) is 4.35. The molecule has 5 nitrogen and oxygen atoms in total. The molecule has 22 heavy (non-hydrogen) atoms. The summed E-state index contributed by atoms with van der Waals surface area (Å²) >= 11 is 2.83. The van der Waals surface area contributed by atoms with Crippen LogP contribution >= 0.6 is 23.1 Å². The van der Waals surface area contributed by atoms with Crippen LogP contribution in [0.5, 0.6) is 5.88 Å². The second kappa shape index (κ2) is 6.41. The number of carbonyl (C=O) groups excluding carboxylic acids is 1. The number of methoxy groups -OCH3 is 1. The van der Waals surface area contributed by atoms with Crippen LogP contribution < -0.4 is 4.74 Å². The Morgan fingerprint density at radius 3 is 2.86 bits per heavy atom. The van der Waals surface area contributed by atoms with Gasteiger partial charge < -0.3 is 4.74 Å². The predicted octanol–water partition coefficient (Wildman–Crippen LogP) is 3.38. The molecule has 0 unspecified atom stereocenters. The molecule has 112 valence electrons. The lowest BCUT2D eigenvalue weighted by Gasteiger charge is -2.06. The van der Waals surface area contributed by atoms with Crippen LogP contribution in [0.25, 0.3) is 11.0 Å². The molecule has 0 amide bonds. The van der Waals surface area contributed by atoms with Crippen LogP contribution in [0.1, 0.15) is 15.5 Å². The lowest BCUT2D eigenvalue weighted by atomic mass is 10.3. The number of ether oxygens (including phenoxy) is 1. The van der Waals surface area contributed by atoms with E-state index in [4.69, 9.17) is 4.74 Å². The number of fused-ring (bicyclic) bond motifs is 1. The number of pyridine rings is 1. The van der Waals surface area contributed by atoms with Crippen molar-refractivity contribution in [2.75, 3.05) is 12.9 Å². The summed E-state index contributed by atoms with van der Waals surface area (Å²) in [5.41, 5.74) is 1.41. The Labute approximate surface area is 135 Å². The standard InChI is InChI=1S/C15H13N3O2S2/c1-9-16-10-5-6-13(20-2)18-14(10)15(17-9)22-8-11(19)12-4-3-7-21-12/h3-7H,8H2,1-2H3. The third-order valence-corrected chi connectivity index (χ3v) is 4.82. The molecule has 0 radical (unpaired) electrons. The van der Waals surface area contributed by atoms with Crippen molar-refractivity contribution in [2.45, 2.75) is 11.9 Å². The fraction of sp³-hybridized carbons (Fsp3) is 0.200. The average Bonchev–Trinajstić information content (AvgIpc) is 3.06. The number of carbonyl (C=O) groups is 1. The van der Waals surface area contributed by atoms with Gasteiger partial charge in [0.1, 0.15) is 16.4 Å². The predicted molar refractivity (Wildman–Crippen MR) is 88.0 cm³/mol. The molecule has 0 aliphatic heterocycles. The Morgan fingerprint density at radius 2 is 2.14 bits per heavy atom. The van der Waals surface area contributed by atoms with Crippen LogP contribution in [0.4, 0.5) is 0 Å². The molecule has 3 rings (SSSR count). The zero-order valence-electron chi connectivity index (χ0n) is 12.1. The normalized spacial score (nSPS) is 10.8. The number of aromatic nitrogens is 3. The first kappa shape index (κ1) is 14.9. The van der Waals surface area contributed by atoms with E-state index in [-0.39, 0.29) is 5.78 Å². The molecule has 0 saturated carbocycles. The van der Waals surface area contributed by atoms with Crippen LogP contribution in [0, 0.1) is 6.92 Å². The number of aryl methyl sites for hydroxylation is 1. The van der Waals surface area contributed by atoms with Crippen molar-refractivity contribution in [3.8, 4) is 5.88 Å². The first-order valence-electron chi connectivity index (χ1n) is 6.56. The summed E-state index contributed by atoms with van der Waals surface area (Å²) in [5, 5.41) is 2.60. The largest absolute Gasteiger partial charge is 0.481 e.